The van der Waals surface area contributed by atoms with Gasteiger partial charge in [-0.3, -0.25) is 0 Å². The molecule has 0 amide bonds. The maximum Gasteiger partial charge on any atom is 0.345 e. The maximum absolute atomic E-state index is 10.7. The Morgan fingerprint density at radius 1 is 1.64 bits per heavy atom. The Balaban J connectivity index is 2.39. The minimum absolute atomic E-state index is 0.365. The molecule has 2 rings (SSSR count). The number of halogens is 2. The second-order valence-corrected chi connectivity index (χ2v) is 4.32. The van der Waals surface area contributed by atoms with Crippen molar-refractivity contribution in [3.63, 3.8) is 0 Å². The van der Waals surface area contributed by atoms with Crippen LogP contribution in [0.2, 0.25) is 5.02 Å². The molecular weight excluding hydrogens is 271 g/mol. The third-order valence-electron chi connectivity index (χ3n) is 2.03. The molecule has 1 aromatic rings. The number of carbonyl (C=O) groups is 1. The van der Waals surface area contributed by atoms with Gasteiger partial charge in [-0.25, -0.2) is 4.79 Å². The van der Waals surface area contributed by atoms with Gasteiger partial charge >= 0.3 is 5.97 Å². The Bertz CT molecular complexity index is 405. The van der Waals surface area contributed by atoms with Gasteiger partial charge in [0.2, 0.25) is 0 Å². The first-order valence-corrected chi connectivity index (χ1v) is 5.12. The average molecular weight is 278 g/mol. The summed E-state index contributed by atoms with van der Waals surface area (Å²) in [5.41, 5.74) is 0.830. The number of ether oxygens (including phenoxy) is 1. The molecule has 0 bridgehead atoms. The Hall–Kier alpha value is -0.740. The van der Waals surface area contributed by atoms with E-state index < -0.39 is 12.1 Å². The van der Waals surface area contributed by atoms with Crippen molar-refractivity contribution in [1.82, 2.24) is 0 Å². The van der Waals surface area contributed by atoms with Crippen molar-refractivity contribution in [3.8, 4) is 5.75 Å². The Kier molecular flexibility index (Phi) is 2.41. The lowest BCUT2D eigenvalue weighted by molar-refractivity contribution is -0.144. The van der Waals surface area contributed by atoms with Crippen LogP contribution in [-0.4, -0.2) is 17.2 Å². The molecular formula is C9H6BrClO3. The molecule has 1 aliphatic heterocycles. The zero-order valence-corrected chi connectivity index (χ0v) is 9.30. The van der Waals surface area contributed by atoms with E-state index in [9.17, 15) is 4.79 Å². The first-order chi connectivity index (χ1) is 6.58. The summed E-state index contributed by atoms with van der Waals surface area (Å²) in [6.45, 7) is 0. The second-order valence-electron chi connectivity index (χ2n) is 3.02. The minimum atomic E-state index is -0.954. The van der Waals surface area contributed by atoms with E-state index in [0.29, 0.717) is 21.7 Å². The predicted octanol–water partition coefficient (Wildman–Crippen LogP) is 2.49. The van der Waals surface area contributed by atoms with E-state index in [1.165, 1.54) is 0 Å². The van der Waals surface area contributed by atoms with Gasteiger partial charge < -0.3 is 9.84 Å². The first kappa shape index (κ1) is 9.80. The van der Waals surface area contributed by atoms with Crippen LogP contribution in [0.5, 0.6) is 5.75 Å². The minimum Gasteiger partial charge on any atom is -0.478 e. The van der Waals surface area contributed by atoms with Crippen LogP contribution < -0.4 is 4.74 Å². The number of fused-ring (bicyclic) bond motifs is 1. The molecule has 0 radical (unpaired) electrons. The van der Waals surface area contributed by atoms with Crippen LogP contribution in [0.15, 0.2) is 16.6 Å². The van der Waals surface area contributed by atoms with Crippen molar-refractivity contribution in [1.29, 1.82) is 0 Å². The average Bonchev–Trinajstić information content (AvgIpc) is 2.47. The van der Waals surface area contributed by atoms with Gasteiger partial charge in [0.05, 0.1) is 4.47 Å². The van der Waals surface area contributed by atoms with Crippen LogP contribution in [0.1, 0.15) is 5.56 Å². The molecule has 3 nitrogen and oxygen atoms in total. The smallest absolute Gasteiger partial charge is 0.345 e. The van der Waals surface area contributed by atoms with Gasteiger partial charge in [0.1, 0.15) is 5.75 Å². The van der Waals surface area contributed by atoms with E-state index >= 15 is 0 Å². The number of carboxylic acid groups (broad SMARTS) is 1. The molecule has 0 spiro atoms. The zero-order chi connectivity index (χ0) is 10.3. The topological polar surface area (TPSA) is 46.5 Å². The summed E-state index contributed by atoms with van der Waals surface area (Å²) in [4.78, 5) is 10.7. The highest BCUT2D eigenvalue weighted by atomic mass is 79.9. The fourth-order valence-corrected chi connectivity index (χ4v) is 2.39. The van der Waals surface area contributed by atoms with E-state index in [1.54, 1.807) is 12.1 Å². The van der Waals surface area contributed by atoms with Crippen molar-refractivity contribution in [3.05, 3.63) is 27.2 Å². The normalized spacial score (nSPS) is 18.9. The number of carboxylic acids is 1. The van der Waals surface area contributed by atoms with E-state index in [0.717, 1.165) is 5.56 Å². The molecule has 1 atom stereocenters. The van der Waals surface area contributed by atoms with E-state index in [4.69, 9.17) is 21.4 Å². The number of rotatable bonds is 1. The zero-order valence-electron chi connectivity index (χ0n) is 6.96. The van der Waals surface area contributed by atoms with E-state index in [2.05, 4.69) is 15.9 Å². The molecule has 0 saturated heterocycles. The highest BCUT2D eigenvalue weighted by Gasteiger charge is 2.30. The summed E-state index contributed by atoms with van der Waals surface area (Å²) in [7, 11) is 0. The lowest BCUT2D eigenvalue weighted by Gasteiger charge is -2.05. The van der Waals surface area contributed by atoms with Crippen molar-refractivity contribution in [2.24, 2.45) is 0 Å². The lowest BCUT2D eigenvalue weighted by Crippen LogP contribution is -2.24. The van der Waals surface area contributed by atoms with Crippen molar-refractivity contribution >= 4 is 33.5 Å². The van der Waals surface area contributed by atoms with Gasteiger partial charge in [-0.05, 0) is 28.1 Å². The maximum atomic E-state index is 10.7. The standard InChI is InChI=1S/C9H6BrClO3/c10-6-3-5(11)1-4-2-7(9(12)13)14-8(4)6/h1,3,7H,2H2,(H,12,13)/t7-/m1/s1. The van der Waals surface area contributed by atoms with Crippen LogP contribution in [0, 0.1) is 0 Å². The van der Waals surface area contributed by atoms with Gasteiger partial charge in [0.25, 0.3) is 0 Å². The summed E-state index contributed by atoms with van der Waals surface area (Å²) in [6.07, 6.45) is -0.427. The quantitative estimate of drug-likeness (QED) is 0.858. The molecule has 1 heterocycles. The van der Waals surface area contributed by atoms with Crippen LogP contribution in [0.25, 0.3) is 0 Å². The number of hydrogen-bond donors (Lipinski definition) is 1. The number of hydrogen-bond acceptors (Lipinski definition) is 2. The second kappa shape index (κ2) is 3.44. The third kappa shape index (κ3) is 1.60. The van der Waals surface area contributed by atoms with Crippen LogP contribution in [0.4, 0.5) is 0 Å². The van der Waals surface area contributed by atoms with Crippen LogP contribution in [0.3, 0.4) is 0 Å². The SMILES string of the molecule is O=C(O)[C@H]1Cc2cc(Cl)cc(Br)c2O1. The van der Waals surface area contributed by atoms with Crippen LogP contribution >= 0.6 is 27.5 Å². The molecule has 0 aliphatic carbocycles. The van der Waals surface area contributed by atoms with E-state index in [-0.39, 0.29) is 0 Å². The number of benzene rings is 1. The fraction of sp³-hybridized carbons (Fsp3) is 0.222. The molecule has 1 aliphatic rings. The number of aliphatic carboxylic acids is 1. The highest BCUT2D eigenvalue weighted by Crippen LogP contribution is 2.38. The van der Waals surface area contributed by atoms with Gasteiger partial charge in [-0.1, -0.05) is 11.6 Å². The molecule has 5 heteroatoms. The fourth-order valence-electron chi connectivity index (χ4n) is 1.42. The van der Waals surface area contributed by atoms with Crippen molar-refractivity contribution in [2.75, 3.05) is 0 Å². The lowest BCUT2D eigenvalue weighted by atomic mass is 10.1. The highest BCUT2D eigenvalue weighted by molar-refractivity contribution is 9.10. The Morgan fingerprint density at radius 2 is 2.36 bits per heavy atom. The summed E-state index contributed by atoms with van der Waals surface area (Å²) >= 11 is 9.10. The molecule has 74 valence electrons. The molecule has 14 heavy (non-hydrogen) atoms. The third-order valence-corrected chi connectivity index (χ3v) is 2.83. The molecule has 1 aromatic carbocycles. The summed E-state index contributed by atoms with van der Waals surface area (Å²) in [5.74, 6) is -0.369. The van der Waals surface area contributed by atoms with Gasteiger partial charge in [-0.15, -0.1) is 0 Å². The molecule has 0 aromatic heterocycles. The molecule has 0 fully saturated rings. The Labute approximate surface area is 93.8 Å². The van der Waals surface area contributed by atoms with E-state index in [1.807, 2.05) is 0 Å². The van der Waals surface area contributed by atoms with Gasteiger partial charge in [0.15, 0.2) is 6.10 Å². The Morgan fingerprint density at radius 3 is 3.00 bits per heavy atom. The van der Waals surface area contributed by atoms with Gasteiger partial charge in [-0.2, -0.15) is 0 Å². The monoisotopic (exact) mass is 276 g/mol. The molecule has 1 N–H and O–H groups in total. The summed E-state index contributed by atoms with van der Waals surface area (Å²) in [5, 5.41) is 9.35. The summed E-state index contributed by atoms with van der Waals surface area (Å²) in [6, 6.07) is 3.41. The predicted molar refractivity (Wildman–Crippen MR) is 54.9 cm³/mol. The van der Waals surface area contributed by atoms with Gasteiger partial charge in [0, 0.05) is 17.0 Å². The largest absolute Gasteiger partial charge is 0.478 e. The summed E-state index contributed by atoms with van der Waals surface area (Å²) < 4.78 is 5.95. The van der Waals surface area contributed by atoms with Crippen LogP contribution in [-0.2, 0) is 11.2 Å². The first-order valence-electron chi connectivity index (χ1n) is 3.95. The van der Waals surface area contributed by atoms with Crippen molar-refractivity contribution in [2.45, 2.75) is 12.5 Å². The van der Waals surface area contributed by atoms with Crippen molar-refractivity contribution < 1.29 is 14.6 Å². The molecule has 0 unspecified atom stereocenters. The molecule has 0 saturated carbocycles.